The van der Waals surface area contributed by atoms with Crippen molar-refractivity contribution in [3.63, 3.8) is 0 Å². The fraction of sp³-hybridized carbons (Fsp3) is 0.357. The van der Waals surface area contributed by atoms with E-state index >= 15 is 0 Å². The first-order valence-corrected chi connectivity index (χ1v) is 6.38. The van der Waals surface area contributed by atoms with E-state index in [2.05, 4.69) is 34.0 Å². The van der Waals surface area contributed by atoms with Crippen LogP contribution < -0.4 is 10.6 Å². The number of hydrogen-bond donors (Lipinski definition) is 1. The third-order valence-electron chi connectivity index (χ3n) is 2.79. The first-order chi connectivity index (χ1) is 9.10. The molecule has 1 aromatic carbocycles. The summed E-state index contributed by atoms with van der Waals surface area (Å²) < 4.78 is 0. The molecule has 0 bridgehead atoms. The Hall–Kier alpha value is -2.17. The van der Waals surface area contributed by atoms with Gasteiger partial charge in [-0.1, -0.05) is 37.6 Å². The van der Waals surface area contributed by atoms with Crippen molar-refractivity contribution in [2.24, 2.45) is 0 Å². The van der Waals surface area contributed by atoms with Gasteiger partial charge in [0.1, 0.15) is 0 Å². The molecule has 19 heavy (non-hydrogen) atoms. The molecule has 5 nitrogen and oxygen atoms in total. The van der Waals surface area contributed by atoms with Gasteiger partial charge in [0, 0.05) is 19.7 Å². The predicted molar refractivity (Wildman–Crippen MR) is 78.0 cm³/mol. The van der Waals surface area contributed by atoms with Gasteiger partial charge in [0.05, 0.1) is 0 Å². The monoisotopic (exact) mass is 257 g/mol. The van der Waals surface area contributed by atoms with Gasteiger partial charge < -0.3 is 10.6 Å². The maximum atomic E-state index is 5.72. The van der Waals surface area contributed by atoms with Crippen LogP contribution in [-0.4, -0.2) is 29.0 Å². The molecule has 2 rings (SSSR count). The molecule has 0 aliphatic rings. The van der Waals surface area contributed by atoms with E-state index in [9.17, 15) is 0 Å². The maximum absolute atomic E-state index is 5.72. The van der Waals surface area contributed by atoms with Crippen molar-refractivity contribution in [1.82, 2.24) is 15.0 Å². The summed E-state index contributed by atoms with van der Waals surface area (Å²) >= 11 is 0. The summed E-state index contributed by atoms with van der Waals surface area (Å²) in [5.41, 5.74) is 8.00. The average molecular weight is 257 g/mol. The van der Waals surface area contributed by atoms with Crippen LogP contribution in [0.3, 0.4) is 0 Å². The van der Waals surface area contributed by atoms with Gasteiger partial charge in [-0.05, 0) is 12.0 Å². The largest absolute Gasteiger partial charge is 0.368 e. The molecular weight excluding hydrogens is 238 g/mol. The molecule has 0 aliphatic heterocycles. The lowest BCUT2D eigenvalue weighted by Crippen LogP contribution is -2.15. The van der Waals surface area contributed by atoms with Crippen LogP contribution in [0, 0.1) is 0 Å². The minimum absolute atomic E-state index is 0.242. The summed E-state index contributed by atoms with van der Waals surface area (Å²) in [5.74, 6) is 1.42. The van der Waals surface area contributed by atoms with E-state index in [0.717, 1.165) is 18.4 Å². The number of aromatic nitrogens is 3. The lowest BCUT2D eigenvalue weighted by atomic mass is 10.1. The lowest BCUT2D eigenvalue weighted by molar-refractivity contribution is 0.921. The number of anilines is 2. The first-order valence-electron chi connectivity index (χ1n) is 6.38. The van der Waals surface area contributed by atoms with Gasteiger partial charge in [-0.15, -0.1) is 0 Å². The molecule has 2 aromatic rings. The first kappa shape index (κ1) is 13.3. The molecule has 0 atom stereocenters. The molecule has 0 saturated heterocycles. The van der Waals surface area contributed by atoms with Gasteiger partial charge in [0.25, 0.3) is 0 Å². The molecule has 5 heteroatoms. The Morgan fingerprint density at radius 1 is 1.05 bits per heavy atom. The predicted octanol–water partition coefficient (Wildman–Crippen LogP) is 2.14. The molecule has 0 saturated carbocycles. The fourth-order valence-electron chi connectivity index (χ4n) is 1.82. The third kappa shape index (κ3) is 3.19. The van der Waals surface area contributed by atoms with Crippen LogP contribution in [0.1, 0.15) is 18.9 Å². The minimum atomic E-state index is 0.242. The van der Waals surface area contributed by atoms with E-state index in [1.165, 1.54) is 5.56 Å². The fourth-order valence-corrected chi connectivity index (χ4v) is 1.82. The molecule has 0 unspecified atom stereocenters. The number of hydrogen-bond acceptors (Lipinski definition) is 5. The highest BCUT2D eigenvalue weighted by molar-refractivity contribution is 5.58. The molecule has 1 heterocycles. The van der Waals surface area contributed by atoms with E-state index in [4.69, 9.17) is 5.73 Å². The normalized spacial score (nSPS) is 10.5. The van der Waals surface area contributed by atoms with Gasteiger partial charge in [0.15, 0.2) is 5.82 Å². The molecule has 2 N–H and O–H groups in total. The SMILES string of the molecule is CCCc1ccc(-c2nc(N)nc(N(C)C)n2)cc1. The zero-order valence-corrected chi connectivity index (χ0v) is 11.6. The second-order valence-corrected chi connectivity index (χ2v) is 4.66. The Balaban J connectivity index is 2.35. The van der Waals surface area contributed by atoms with Gasteiger partial charge in [-0.25, -0.2) is 0 Å². The van der Waals surface area contributed by atoms with Crippen LogP contribution in [0.2, 0.25) is 0 Å². The molecule has 0 radical (unpaired) electrons. The summed E-state index contributed by atoms with van der Waals surface area (Å²) in [6.07, 6.45) is 2.23. The van der Waals surface area contributed by atoms with Gasteiger partial charge in [0.2, 0.25) is 11.9 Å². The highest BCUT2D eigenvalue weighted by Crippen LogP contribution is 2.19. The molecule has 100 valence electrons. The van der Waals surface area contributed by atoms with E-state index in [0.29, 0.717) is 11.8 Å². The smallest absolute Gasteiger partial charge is 0.230 e. The molecule has 0 amide bonds. The average Bonchev–Trinajstić information content (AvgIpc) is 2.39. The van der Waals surface area contributed by atoms with E-state index in [1.807, 2.05) is 31.1 Å². The van der Waals surface area contributed by atoms with Crippen LogP contribution in [0.25, 0.3) is 11.4 Å². The topological polar surface area (TPSA) is 67.9 Å². The molecular formula is C14H19N5. The molecule has 1 aromatic heterocycles. The number of rotatable bonds is 4. The van der Waals surface area contributed by atoms with E-state index in [1.54, 1.807) is 0 Å². The van der Waals surface area contributed by atoms with Crippen LogP contribution in [-0.2, 0) is 6.42 Å². The van der Waals surface area contributed by atoms with Crippen LogP contribution in [0.4, 0.5) is 11.9 Å². The van der Waals surface area contributed by atoms with Gasteiger partial charge in [-0.2, -0.15) is 15.0 Å². The highest BCUT2D eigenvalue weighted by atomic mass is 15.3. The molecule has 0 fully saturated rings. The zero-order chi connectivity index (χ0) is 13.8. The van der Waals surface area contributed by atoms with Crippen molar-refractivity contribution in [1.29, 1.82) is 0 Å². The summed E-state index contributed by atoms with van der Waals surface area (Å²) in [7, 11) is 3.76. The van der Waals surface area contributed by atoms with Gasteiger partial charge >= 0.3 is 0 Å². The number of nitrogens with zero attached hydrogens (tertiary/aromatic N) is 4. The highest BCUT2D eigenvalue weighted by Gasteiger charge is 2.08. The zero-order valence-electron chi connectivity index (χ0n) is 11.6. The summed E-state index contributed by atoms with van der Waals surface area (Å²) in [4.78, 5) is 14.5. The number of nitrogen functional groups attached to an aromatic ring is 1. The summed E-state index contributed by atoms with van der Waals surface area (Å²) in [5, 5.41) is 0. The van der Waals surface area contributed by atoms with E-state index < -0.39 is 0 Å². The van der Waals surface area contributed by atoms with E-state index in [-0.39, 0.29) is 5.95 Å². The summed E-state index contributed by atoms with van der Waals surface area (Å²) in [6, 6.07) is 8.26. The Bertz CT molecular complexity index is 548. The maximum Gasteiger partial charge on any atom is 0.230 e. The minimum Gasteiger partial charge on any atom is -0.368 e. The van der Waals surface area contributed by atoms with Crippen molar-refractivity contribution in [2.75, 3.05) is 24.7 Å². The Morgan fingerprint density at radius 2 is 1.74 bits per heavy atom. The number of aryl methyl sites for hydroxylation is 1. The number of benzene rings is 1. The Morgan fingerprint density at radius 3 is 2.32 bits per heavy atom. The van der Waals surface area contributed by atoms with Gasteiger partial charge in [-0.3, -0.25) is 0 Å². The quantitative estimate of drug-likeness (QED) is 0.908. The van der Waals surface area contributed by atoms with Crippen LogP contribution in [0.5, 0.6) is 0 Å². The van der Waals surface area contributed by atoms with Crippen molar-refractivity contribution in [3.8, 4) is 11.4 Å². The standard InChI is InChI=1S/C14H19N5/c1-4-5-10-6-8-11(9-7-10)12-16-13(15)18-14(17-12)19(2)3/h6-9H,4-5H2,1-3H3,(H2,15,16,17,18). The molecule has 0 aliphatic carbocycles. The second kappa shape index (κ2) is 5.65. The molecule has 0 spiro atoms. The Kier molecular flexibility index (Phi) is 3.94. The van der Waals surface area contributed by atoms with Crippen molar-refractivity contribution in [3.05, 3.63) is 29.8 Å². The summed E-state index contributed by atoms with van der Waals surface area (Å²) in [6.45, 7) is 2.17. The van der Waals surface area contributed by atoms with Crippen LogP contribution in [0.15, 0.2) is 24.3 Å². The number of nitrogens with two attached hydrogens (primary N) is 1. The van der Waals surface area contributed by atoms with Crippen molar-refractivity contribution in [2.45, 2.75) is 19.8 Å². The Labute approximate surface area is 113 Å². The van der Waals surface area contributed by atoms with Crippen molar-refractivity contribution < 1.29 is 0 Å². The van der Waals surface area contributed by atoms with Crippen LogP contribution >= 0.6 is 0 Å². The van der Waals surface area contributed by atoms with Crippen molar-refractivity contribution >= 4 is 11.9 Å². The third-order valence-corrected chi connectivity index (χ3v) is 2.79. The lowest BCUT2D eigenvalue weighted by Gasteiger charge is -2.11. The second-order valence-electron chi connectivity index (χ2n) is 4.66.